The number of carbonyl (C=O) groups is 1. The summed E-state index contributed by atoms with van der Waals surface area (Å²) in [4.78, 5) is 17.4. The van der Waals surface area contributed by atoms with E-state index in [1.165, 1.54) is 17.0 Å². The highest BCUT2D eigenvalue weighted by atomic mass is 19.1. The normalized spacial score (nSPS) is 12.9. The van der Waals surface area contributed by atoms with Crippen LogP contribution in [0.2, 0.25) is 0 Å². The van der Waals surface area contributed by atoms with Gasteiger partial charge in [-0.1, -0.05) is 19.9 Å². The highest BCUT2D eigenvalue weighted by molar-refractivity contribution is 5.85. The number of nitrogens with zero attached hydrogens (tertiary/aromatic N) is 2. The second kappa shape index (κ2) is 9.20. The third kappa shape index (κ3) is 6.52. The molecule has 7 heteroatoms. The summed E-state index contributed by atoms with van der Waals surface area (Å²) >= 11 is 0. The maximum atomic E-state index is 13.9. The SMILES string of the molecule is CC(C)CNC(=NCC(=O)N(C)C)NC(C)c1ccc(F)cc1F. The lowest BCUT2D eigenvalue weighted by Crippen LogP contribution is -2.41. The van der Waals surface area contributed by atoms with Crippen LogP contribution in [-0.2, 0) is 4.79 Å². The second-order valence-electron chi connectivity index (χ2n) is 6.26. The van der Waals surface area contributed by atoms with Gasteiger partial charge in [-0.25, -0.2) is 13.8 Å². The molecule has 0 saturated carbocycles. The van der Waals surface area contributed by atoms with Crippen LogP contribution in [0.5, 0.6) is 0 Å². The van der Waals surface area contributed by atoms with Crippen LogP contribution in [0.15, 0.2) is 23.2 Å². The van der Waals surface area contributed by atoms with E-state index in [0.29, 0.717) is 24.0 Å². The van der Waals surface area contributed by atoms with E-state index in [1.54, 1.807) is 21.0 Å². The van der Waals surface area contributed by atoms with Crippen LogP contribution in [-0.4, -0.2) is 44.0 Å². The number of hydrogen-bond donors (Lipinski definition) is 2. The van der Waals surface area contributed by atoms with Gasteiger partial charge in [-0.05, 0) is 18.9 Å². The van der Waals surface area contributed by atoms with E-state index in [2.05, 4.69) is 15.6 Å². The highest BCUT2D eigenvalue weighted by Gasteiger charge is 2.14. The molecule has 0 aliphatic heterocycles. The van der Waals surface area contributed by atoms with Crippen molar-refractivity contribution in [3.05, 3.63) is 35.4 Å². The number of rotatable bonds is 6. The molecule has 0 aliphatic rings. The van der Waals surface area contributed by atoms with Crippen molar-refractivity contribution in [3.63, 3.8) is 0 Å². The van der Waals surface area contributed by atoms with Gasteiger partial charge in [-0.2, -0.15) is 0 Å². The van der Waals surface area contributed by atoms with E-state index >= 15 is 0 Å². The zero-order valence-electron chi connectivity index (χ0n) is 14.9. The molecule has 1 atom stereocenters. The summed E-state index contributed by atoms with van der Waals surface area (Å²) in [5, 5.41) is 6.17. The van der Waals surface area contributed by atoms with Crippen LogP contribution >= 0.6 is 0 Å². The molecule has 0 radical (unpaired) electrons. The Kier molecular flexibility index (Phi) is 7.61. The summed E-state index contributed by atoms with van der Waals surface area (Å²) in [6, 6.07) is 3.03. The predicted octanol–water partition coefficient (Wildman–Crippen LogP) is 2.31. The fraction of sp³-hybridized carbons (Fsp3) is 0.529. The maximum Gasteiger partial charge on any atom is 0.243 e. The molecule has 0 saturated heterocycles. The van der Waals surface area contributed by atoms with E-state index in [9.17, 15) is 13.6 Å². The molecule has 1 aromatic rings. The number of likely N-dealkylation sites (N-methyl/N-ethyl adjacent to an activating group) is 1. The summed E-state index contributed by atoms with van der Waals surface area (Å²) in [6.07, 6.45) is 0. The lowest BCUT2D eigenvalue weighted by molar-refractivity contribution is -0.127. The number of amides is 1. The molecule has 134 valence electrons. The van der Waals surface area contributed by atoms with Crippen LogP contribution in [0.3, 0.4) is 0 Å². The average molecular weight is 340 g/mol. The summed E-state index contributed by atoms with van der Waals surface area (Å²) in [5.41, 5.74) is 0.328. The Labute approximate surface area is 142 Å². The Morgan fingerprint density at radius 3 is 2.46 bits per heavy atom. The van der Waals surface area contributed by atoms with Gasteiger partial charge in [0.2, 0.25) is 5.91 Å². The van der Waals surface area contributed by atoms with Crippen molar-refractivity contribution in [2.24, 2.45) is 10.9 Å². The molecule has 0 bridgehead atoms. The first-order valence-corrected chi connectivity index (χ1v) is 7.90. The summed E-state index contributed by atoms with van der Waals surface area (Å²) in [5.74, 6) is -0.592. The fourth-order valence-electron chi connectivity index (χ4n) is 1.88. The molecule has 0 heterocycles. The molecule has 1 rings (SSSR count). The van der Waals surface area contributed by atoms with Gasteiger partial charge in [0.25, 0.3) is 0 Å². The third-order valence-electron chi connectivity index (χ3n) is 3.33. The van der Waals surface area contributed by atoms with Crippen molar-refractivity contribution in [3.8, 4) is 0 Å². The van der Waals surface area contributed by atoms with Crippen molar-refractivity contribution < 1.29 is 13.6 Å². The molecule has 0 aliphatic carbocycles. The van der Waals surface area contributed by atoms with E-state index in [-0.39, 0.29) is 12.5 Å². The number of nitrogens with one attached hydrogen (secondary N) is 2. The Morgan fingerprint density at radius 2 is 1.92 bits per heavy atom. The molecule has 1 unspecified atom stereocenters. The Hall–Kier alpha value is -2.18. The van der Waals surface area contributed by atoms with Gasteiger partial charge in [-0.3, -0.25) is 4.79 Å². The lowest BCUT2D eigenvalue weighted by Gasteiger charge is -2.20. The molecule has 1 amide bonds. The minimum Gasteiger partial charge on any atom is -0.356 e. The maximum absolute atomic E-state index is 13.9. The molecular formula is C17H26F2N4O. The third-order valence-corrected chi connectivity index (χ3v) is 3.33. The van der Waals surface area contributed by atoms with Crippen LogP contribution in [0.25, 0.3) is 0 Å². The number of hydrogen-bond acceptors (Lipinski definition) is 2. The Bertz CT molecular complexity index is 588. The largest absolute Gasteiger partial charge is 0.356 e. The van der Waals surface area contributed by atoms with Gasteiger partial charge in [0.15, 0.2) is 5.96 Å². The minimum atomic E-state index is -0.623. The Balaban J connectivity index is 2.85. The summed E-state index contributed by atoms with van der Waals surface area (Å²) in [6.45, 7) is 6.47. The molecule has 2 N–H and O–H groups in total. The molecule has 0 aromatic heterocycles. The van der Waals surface area contributed by atoms with Crippen molar-refractivity contribution in [1.29, 1.82) is 0 Å². The molecule has 1 aromatic carbocycles. The van der Waals surface area contributed by atoms with E-state index < -0.39 is 17.7 Å². The first-order valence-electron chi connectivity index (χ1n) is 7.90. The van der Waals surface area contributed by atoms with Crippen molar-refractivity contribution in [2.75, 3.05) is 27.2 Å². The predicted molar refractivity (Wildman–Crippen MR) is 91.7 cm³/mol. The molecular weight excluding hydrogens is 314 g/mol. The van der Waals surface area contributed by atoms with E-state index in [0.717, 1.165) is 6.07 Å². The quantitative estimate of drug-likeness (QED) is 0.617. The fourth-order valence-corrected chi connectivity index (χ4v) is 1.88. The molecule has 0 spiro atoms. The van der Waals surface area contributed by atoms with Crippen LogP contribution < -0.4 is 10.6 Å². The van der Waals surface area contributed by atoms with E-state index in [1.807, 2.05) is 13.8 Å². The topological polar surface area (TPSA) is 56.7 Å². The first kappa shape index (κ1) is 19.9. The number of carbonyl (C=O) groups excluding carboxylic acids is 1. The average Bonchev–Trinajstić information content (AvgIpc) is 2.49. The van der Waals surface area contributed by atoms with Gasteiger partial charge < -0.3 is 15.5 Å². The van der Waals surface area contributed by atoms with Crippen molar-refractivity contribution >= 4 is 11.9 Å². The van der Waals surface area contributed by atoms with E-state index in [4.69, 9.17) is 0 Å². The van der Waals surface area contributed by atoms with Crippen LogP contribution in [0.1, 0.15) is 32.4 Å². The number of guanidine groups is 1. The van der Waals surface area contributed by atoms with Gasteiger partial charge in [-0.15, -0.1) is 0 Å². The standard InChI is InChI=1S/C17H26F2N4O/c1-11(2)9-20-17(21-10-16(24)23(4)5)22-12(3)14-7-6-13(18)8-15(14)19/h6-8,11-12H,9-10H2,1-5H3,(H2,20,21,22). The lowest BCUT2D eigenvalue weighted by atomic mass is 10.1. The van der Waals surface area contributed by atoms with Gasteiger partial charge in [0.05, 0.1) is 6.04 Å². The van der Waals surface area contributed by atoms with Gasteiger partial charge in [0.1, 0.15) is 18.2 Å². The Morgan fingerprint density at radius 1 is 1.25 bits per heavy atom. The van der Waals surface area contributed by atoms with Crippen molar-refractivity contribution in [1.82, 2.24) is 15.5 Å². The van der Waals surface area contributed by atoms with Crippen molar-refractivity contribution in [2.45, 2.75) is 26.8 Å². The van der Waals surface area contributed by atoms with Gasteiger partial charge in [0, 0.05) is 32.3 Å². The summed E-state index contributed by atoms with van der Waals surface area (Å²) in [7, 11) is 3.31. The number of benzene rings is 1. The first-order chi connectivity index (χ1) is 11.2. The second-order valence-corrected chi connectivity index (χ2v) is 6.26. The zero-order chi connectivity index (χ0) is 18.3. The zero-order valence-corrected chi connectivity index (χ0v) is 14.9. The summed E-state index contributed by atoms with van der Waals surface area (Å²) < 4.78 is 26.9. The monoisotopic (exact) mass is 340 g/mol. The van der Waals surface area contributed by atoms with Crippen LogP contribution in [0.4, 0.5) is 8.78 Å². The number of aliphatic imine (C=N–C) groups is 1. The molecule has 5 nitrogen and oxygen atoms in total. The molecule has 0 fully saturated rings. The van der Waals surface area contributed by atoms with Gasteiger partial charge >= 0.3 is 0 Å². The molecule has 24 heavy (non-hydrogen) atoms. The number of halogens is 2. The van der Waals surface area contributed by atoms with Crippen LogP contribution in [0, 0.1) is 17.6 Å². The highest BCUT2D eigenvalue weighted by Crippen LogP contribution is 2.17. The smallest absolute Gasteiger partial charge is 0.243 e. The minimum absolute atomic E-state index is 0.0148.